The van der Waals surface area contributed by atoms with E-state index in [9.17, 15) is 23.4 Å². The summed E-state index contributed by atoms with van der Waals surface area (Å²) in [4.78, 5) is 11.6. The Labute approximate surface area is 236 Å². The van der Waals surface area contributed by atoms with E-state index in [1.165, 1.54) is 35.5 Å². The van der Waals surface area contributed by atoms with Gasteiger partial charge in [-0.1, -0.05) is 66.7 Å². The summed E-state index contributed by atoms with van der Waals surface area (Å²) in [6, 6.07) is 26.0. The third-order valence-electron chi connectivity index (χ3n) is 7.11. The summed E-state index contributed by atoms with van der Waals surface area (Å²) in [7, 11) is -2.38. The van der Waals surface area contributed by atoms with Gasteiger partial charge in [-0.3, -0.25) is 0 Å². The SMILES string of the molecule is Cc1ccc(-c2ccc(S(=O)(=O)N(C)C[C@H](O)CNC(C)(C)Cc3ccc4ccccc4c3)cc2)cc1C(=O)O. The molecule has 0 aliphatic rings. The number of fused-ring (bicyclic) bond motifs is 1. The molecule has 0 saturated heterocycles. The maximum absolute atomic E-state index is 13.2. The van der Waals surface area contributed by atoms with Gasteiger partial charge in [0.05, 0.1) is 16.6 Å². The first-order valence-corrected chi connectivity index (χ1v) is 14.6. The Morgan fingerprint density at radius 2 is 1.57 bits per heavy atom. The van der Waals surface area contributed by atoms with Gasteiger partial charge in [-0.05, 0) is 78.4 Å². The van der Waals surface area contributed by atoms with E-state index in [4.69, 9.17) is 0 Å². The summed E-state index contributed by atoms with van der Waals surface area (Å²) >= 11 is 0. The van der Waals surface area contributed by atoms with E-state index in [0.29, 0.717) is 16.7 Å². The van der Waals surface area contributed by atoms with Gasteiger partial charge in [0.1, 0.15) is 0 Å². The predicted octanol–water partition coefficient (Wildman–Crippen LogP) is 5.11. The van der Waals surface area contributed by atoms with E-state index in [2.05, 4.69) is 49.5 Å². The lowest BCUT2D eigenvalue weighted by Gasteiger charge is -2.29. The molecule has 40 heavy (non-hydrogen) atoms. The lowest BCUT2D eigenvalue weighted by molar-refractivity contribution is 0.0696. The Morgan fingerprint density at radius 3 is 2.25 bits per heavy atom. The van der Waals surface area contributed by atoms with Crippen LogP contribution in [0.3, 0.4) is 0 Å². The average molecular weight is 561 g/mol. The van der Waals surface area contributed by atoms with Crippen molar-refractivity contribution in [1.29, 1.82) is 0 Å². The van der Waals surface area contributed by atoms with Crippen molar-refractivity contribution >= 4 is 26.8 Å². The van der Waals surface area contributed by atoms with Crippen molar-refractivity contribution in [1.82, 2.24) is 9.62 Å². The fraction of sp³-hybridized carbons (Fsp3) is 0.281. The molecule has 0 fully saturated rings. The van der Waals surface area contributed by atoms with E-state index >= 15 is 0 Å². The number of hydrogen-bond donors (Lipinski definition) is 3. The lowest BCUT2D eigenvalue weighted by atomic mass is 9.93. The molecule has 0 unspecified atom stereocenters. The predicted molar refractivity (Wildman–Crippen MR) is 159 cm³/mol. The zero-order chi connectivity index (χ0) is 29.1. The third-order valence-corrected chi connectivity index (χ3v) is 8.95. The first kappa shape index (κ1) is 29.4. The van der Waals surface area contributed by atoms with Gasteiger partial charge >= 0.3 is 5.97 Å². The van der Waals surface area contributed by atoms with Gasteiger partial charge in [-0.2, -0.15) is 4.31 Å². The molecule has 4 aromatic rings. The number of likely N-dealkylation sites (N-methyl/N-ethyl adjacent to an activating group) is 1. The molecule has 0 amide bonds. The average Bonchev–Trinajstić information content (AvgIpc) is 2.92. The minimum Gasteiger partial charge on any atom is -0.478 e. The molecule has 8 heteroatoms. The van der Waals surface area contributed by atoms with Gasteiger partial charge in [-0.25, -0.2) is 13.2 Å². The van der Waals surface area contributed by atoms with Crippen LogP contribution >= 0.6 is 0 Å². The van der Waals surface area contributed by atoms with Crippen LogP contribution in [0.5, 0.6) is 0 Å². The molecule has 0 bridgehead atoms. The number of nitrogens with zero attached hydrogens (tertiary/aromatic N) is 1. The van der Waals surface area contributed by atoms with Crippen molar-refractivity contribution in [2.45, 2.75) is 43.7 Å². The monoisotopic (exact) mass is 560 g/mol. The minimum absolute atomic E-state index is 0.0664. The number of β-amino-alcohol motifs (C(OH)–C–C–N with tert-alkyl or cyclic N) is 1. The molecular formula is C32H36N2O5S. The van der Waals surface area contributed by atoms with Crippen molar-refractivity contribution in [3.05, 3.63) is 102 Å². The highest BCUT2D eigenvalue weighted by atomic mass is 32.2. The number of aromatic carboxylic acids is 1. The molecule has 4 rings (SSSR count). The molecule has 0 spiro atoms. The van der Waals surface area contributed by atoms with Crippen molar-refractivity contribution in [2.75, 3.05) is 20.1 Å². The molecule has 0 heterocycles. The summed E-state index contributed by atoms with van der Waals surface area (Å²) in [5, 5.41) is 25.8. The first-order chi connectivity index (χ1) is 18.9. The fourth-order valence-electron chi connectivity index (χ4n) is 4.81. The number of carboxylic acid groups (broad SMARTS) is 1. The van der Waals surface area contributed by atoms with Crippen LogP contribution in [0, 0.1) is 6.92 Å². The molecular weight excluding hydrogens is 524 g/mol. The topological polar surface area (TPSA) is 107 Å². The van der Waals surface area contributed by atoms with Crippen LogP contribution in [-0.4, -0.2) is 60.7 Å². The Kier molecular flexibility index (Phi) is 8.75. The molecule has 4 aromatic carbocycles. The number of nitrogens with one attached hydrogen (secondary N) is 1. The number of aliphatic hydroxyl groups excluding tert-OH is 1. The molecule has 0 aromatic heterocycles. The summed E-state index contributed by atoms with van der Waals surface area (Å²) in [6.45, 7) is 6.02. The summed E-state index contributed by atoms with van der Waals surface area (Å²) < 4.78 is 27.5. The highest BCUT2D eigenvalue weighted by Gasteiger charge is 2.25. The van der Waals surface area contributed by atoms with Gasteiger partial charge < -0.3 is 15.5 Å². The molecule has 7 nitrogen and oxygen atoms in total. The van der Waals surface area contributed by atoms with Crippen LogP contribution in [0.4, 0.5) is 0 Å². The van der Waals surface area contributed by atoms with Crippen molar-refractivity contribution in [2.24, 2.45) is 0 Å². The maximum atomic E-state index is 13.2. The molecule has 0 saturated carbocycles. The zero-order valence-corrected chi connectivity index (χ0v) is 24.1. The lowest BCUT2D eigenvalue weighted by Crippen LogP contribution is -2.47. The highest BCUT2D eigenvalue weighted by molar-refractivity contribution is 7.89. The fourth-order valence-corrected chi connectivity index (χ4v) is 6.01. The van der Waals surface area contributed by atoms with Crippen LogP contribution < -0.4 is 5.32 Å². The summed E-state index contributed by atoms with van der Waals surface area (Å²) in [5.41, 5.74) is 3.13. The Bertz CT molecular complexity index is 1610. The number of sulfonamides is 1. The second-order valence-electron chi connectivity index (χ2n) is 10.9. The Morgan fingerprint density at radius 1 is 0.925 bits per heavy atom. The Balaban J connectivity index is 1.36. The standard InChI is InChI=1S/C32H36N2O5S/c1-22-9-11-27(18-30(22)31(36)37)25-13-15-29(16-14-25)40(38,39)34(4)21-28(35)20-33-32(2,3)19-23-10-12-24-7-5-6-8-26(24)17-23/h5-18,28,33,35H,19-21H2,1-4H3,(H,36,37)/t28-/m1/s1. The van der Waals surface area contributed by atoms with Crippen LogP contribution in [0.15, 0.2) is 89.8 Å². The van der Waals surface area contributed by atoms with Gasteiger partial charge in [0.25, 0.3) is 0 Å². The second kappa shape index (κ2) is 11.9. The van der Waals surface area contributed by atoms with Crippen LogP contribution in [-0.2, 0) is 16.4 Å². The smallest absolute Gasteiger partial charge is 0.335 e. The van der Waals surface area contributed by atoms with Crippen molar-refractivity contribution in [3.63, 3.8) is 0 Å². The molecule has 1 atom stereocenters. The quantitative estimate of drug-likeness (QED) is 0.236. The molecule has 210 valence electrons. The number of rotatable bonds is 11. The number of benzene rings is 4. The zero-order valence-electron chi connectivity index (χ0n) is 23.3. The van der Waals surface area contributed by atoms with Crippen LogP contribution in [0.25, 0.3) is 21.9 Å². The van der Waals surface area contributed by atoms with Crippen LogP contribution in [0.2, 0.25) is 0 Å². The normalized spacial score (nSPS) is 13.1. The highest BCUT2D eigenvalue weighted by Crippen LogP contribution is 2.25. The van der Waals surface area contributed by atoms with Gasteiger partial charge in [0.2, 0.25) is 10.0 Å². The number of carboxylic acids is 1. The molecule has 3 N–H and O–H groups in total. The van der Waals surface area contributed by atoms with E-state index in [1.807, 2.05) is 18.2 Å². The van der Waals surface area contributed by atoms with E-state index in [0.717, 1.165) is 10.7 Å². The minimum atomic E-state index is -3.83. The van der Waals surface area contributed by atoms with Gasteiger partial charge in [0.15, 0.2) is 0 Å². The maximum Gasteiger partial charge on any atom is 0.335 e. The number of aryl methyl sites for hydroxylation is 1. The second-order valence-corrected chi connectivity index (χ2v) is 13.0. The molecule has 0 aliphatic heterocycles. The summed E-state index contributed by atoms with van der Waals surface area (Å²) in [5.74, 6) is -1.01. The number of hydrogen-bond acceptors (Lipinski definition) is 5. The molecule has 0 aliphatic carbocycles. The summed E-state index contributed by atoms with van der Waals surface area (Å²) in [6.07, 6.45) is -0.156. The third kappa shape index (κ3) is 6.95. The largest absolute Gasteiger partial charge is 0.478 e. The van der Waals surface area contributed by atoms with Gasteiger partial charge in [-0.15, -0.1) is 0 Å². The first-order valence-electron chi connectivity index (χ1n) is 13.2. The van der Waals surface area contributed by atoms with E-state index < -0.39 is 22.1 Å². The van der Waals surface area contributed by atoms with Crippen molar-refractivity contribution in [3.8, 4) is 11.1 Å². The Hall–Kier alpha value is -3.56. The number of aliphatic hydroxyl groups is 1. The van der Waals surface area contributed by atoms with Crippen LogP contribution in [0.1, 0.15) is 35.3 Å². The van der Waals surface area contributed by atoms with Crippen molar-refractivity contribution < 1.29 is 23.4 Å². The van der Waals surface area contributed by atoms with Gasteiger partial charge in [0, 0.05) is 25.7 Å². The number of carbonyl (C=O) groups is 1. The molecule has 0 radical (unpaired) electrons. The van der Waals surface area contributed by atoms with E-state index in [1.54, 1.807) is 31.2 Å². The van der Waals surface area contributed by atoms with E-state index in [-0.39, 0.29) is 29.1 Å².